The predicted octanol–water partition coefficient (Wildman–Crippen LogP) is 4.99. The van der Waals surface area contributed by atoms with Crippen LogP contribution in [0.1, 0.15) is 44.1 Å². The standard InChI is InChI=1S/C25H29FN2O2/c26-21-11-12-23-24(15-21)30-18-22(28(23)17-20-9-5-2-6-10-20)16-25(29)27-14-13-19-7-3-1-4-8-19/h2,5-7,9-12,15,22H,1,3-4,8,13-14,16-18H2,(H,27,29)/t22-/m0/s1. The highest BCUT2D eigenvalue weighted by atomic mass is 19.1. The number of allylic oxidation sites excluding steroid dienone is 1. The van der Waals surface area contributed by atoms with E-state index in [0.29, 0.717) is 31.9 Å². The number of ether oxygens (including phenoxy) is 1. The monoisotopic (exact) mass is 408 g/mol. The van der Waals surface area contributed by atoms with Crippen LogP contribution in [0.15, 0.2) is 60.2 Å². The van der Waals surface area contributed by atoms with Gasteiger partial charge >= 0.3 is 0 Å². The van der Waals surface area contributed by atoms with Crippen LogP contribution in [0.5, 0.6) is 5.75 Å². The second-order valence-electron chi connectivity index (χ2n) is 8.10. The molecule has 1 amide bonds. The number of carbonyl (C=O) groups is 1. The highest BCUT2D eigenvalue weighted by molar-refractivity contribution is 5.77. The normalized spacial score (nSPS) is 18.2. The third-order valence-corrected chi connectivity index (χ3v) is 5.87. The SMILES string of the molecule is O=C(C[C@H]1COc2cc(F)ccc2N1Cc1ccccc1)NCCC1=CCCCC1. The number of nitrogens with zero attached hydrogens (tertiary/aromatic N) is 1. The Hall–Kier alpha value is -2.82. The minimum absolute atomic E-state index is 0.0311. The van der Waals surface area contributed by atoms with Gasteiger partial charge < -0.3 is 15.0 Å². The van der Waals surface area contributed by atoms with Crippen molar-refractivity contribution in [2.75, 3.05) is 18.1 Å². The Labute approximate surface area is 177 Å². The summed E-state index contributed by atoms with van der Waals surface area (Å²) in [7, 11) is 0. The van der Waals surface area contributed by atoms with Gasteiger partial charge in [-0.15, -0.1) is 0 Å². The molecule has 1 atom stereocenters. The molecule has 0 fully saturated rings. The highest BCUT2D eigenvalue weighted by Crippen LogP contribution is 2.36. The molecule has 0 radical (unpaired) electrons. The summed E-state index contributed by atoms with van der Waals surface area (Å²) in [6.07, 6.45) is 8.46. The van der Waals surface area contributed by atoms with E-state index in [2.05, 4.69) is 28.4 Å². The van der Waals surface area contributed by atoms with Gasteiger partial charge in [0.25, 0.3) is 0 Å². The van der Waals surface area contributed by atoms with Crippen LogP contribution in [0.4, 0.5) is 10.1 Å². The average molecular weight is 409 g/mol. The molecule has 4 nitrogen and oxygen atoms in total. The molecule has 2 aliphatic rings. The van der Waals surface area contributed by atoms with Crippen molar-refractivity contribution < 1.29 is 13.9 Å². The zero-order valence-corrected chi connectivity index (χ0v) is 17.3. The maximum atomic E-state index is 13.7. The van der Waals surface area contributed by atoms with Crippen LogP contribution in [0, 0.1) is 5.82 Å². The van der Waals surface area contributed by atoms with Gasteiger partial charge in [-0.3, -0.25) is 4.79 Å². The highest BCUT2D eigenvalue weighted by Gasteiger charge is 2.29. The van der Waals surface area contributed by atoms with E-state index < -0.39 is 0 Å². The van der Waals surface area contributed by atoms with E-state index >= 15 is 0 Å². The molecule has 2 aromatic rings. The molecule has 158 valence electrons. The number of benzene rings is 2. The van der Waals surface area contributed by atoms with Gasteiger partial charge in [0.05, 0.1) is 18.2 Å². The van der Waals surface area contributed by atoms with E-state index in [1.807, 2.05) is 18.2 Å². The lowest BCUT2D eigenvalue weighted by Crippen LogP contribution is -2.45. The number of rotatable bonds is 7. The third-order valence-electron chi connectivity index (χ3n) is 5.87. The fraction of sp³-hybridized carbons (Fsp3) is 0.400. The molecule has 0 saturated heterocycles. The Bertz CT molecular complexity index is 897. The van der Waals surface area contributed by atoms with E-state index in [0.717, 1.165) is 30.5 Å². The van der Waals surface area contributed by atoms with Gasteiger partial charge in [0.15, 0.2) is 0 Å². The van der Waals surface area contributed by atoms with Crippen LogP contribution < -0.4 is 15.0 Å². The van der Waals surface area contributed by atoms with E-state index in [-0.39, 0.29) is 17.8 Å². The topological polar surface area (TPSA) is 41.6 Å². The summed E-state index contributed by atoms with van der Waals surface area (Å²) in [6, 6.07) is 14.6. The molecule has 0 saturated carbocycles. The van der Waals surface area contributed by atoms with Crippen LogP contribution in [0.2, 0.25) is 0 Å². The number of anilines is 1. The molecule has 0 spiro atoms. The first-order valence-electron chi connectivity index (χ1n) is 10.9. The minimum atomic E-state index is -0.318. The van der Waals surface area contributed by atoms with Crippen LogP contribution in [0.25, 0.3) is 0 Å². The van der Waals surface area contributed by atoms with Crippen LogP contribution in [-0.2, 0) is 11.3 Å². The van der Waals surface area contributed by atoms with Gasteiger partial charge in [0.2, 0.25) is 5.91 Å². The first kappa shape index (κ1) is 20.5. The number of hydrogen-bond acceptors (Lipinski definition) is 3. The zero-order valence-electron chi connectivity index (χ0n) is 17.3. The van der Waals surface area contributed by atoms with Gasteiger partial charge in [0.1, 0.15) is 18.2 Å². The van der Waals surface area contributed by atoms with Crippen molar-refractivity contribution in [2.45, 2.75) is 51.1 Å². The number of nitrogens with one attached hydrogen (secondary N) is 1. The Kier molecular flexibility index (Phi) is 6.67. The van der Waals surface area contributed by atoms with E-state index in [9.17, 15) is 9.18 Å². The minimum Gasteiger partial charge on any atom is -0.489 e. The van der Waals surface area contributed by atoms with Crippen molar-refractivity contribution in [1.82, 2.24) is 5.32 Å². The van der Waals surface area contributed by atoms with Crippen LogP contribution >= 0.6 is 0 Å². The molecule has 1 N–H and O–H groups in total. The summed E-state index contributed by atoms with van der Waals surface area (Å²) >= 11 is 0. The van der Waals surface area contributed by atoms with E-state index in [1.54, 1.807) is 6.07 Å². The number of halogens is 1. The number of carbonyl (C=O) groups excluding carboxylic acids is 1. The van der Waals surface area contributed by atoms with Gasteiger partial charge in [-0.25, -0.2) is 4.39 Å². The quantitative estimate of drug-likeness (QED) is 0.656. The summed E-state index contributed by atoms with van der Waals surface area (Å²) < 4.78 is 19.5. The molecule has 0 aromatic heterocycles. The Balaban J connectivity index is 1.41. The van der Waals surface area contributed by atoms with Gasteiger partial charge in [0, 0.05) is 19.2 Å². The Morgan fingerprint density at radius 1 is 1.17 bits per heavy atom. The Morgan fingerprint density at radius 2 is 2.03 bits per heavy atom. The largest absolute Gasteiger partial charge is 0.489 e. The van der Waals surface area contributed by atoms with Crippen molar-refractivity contribution >= 4 is 11.6 Å². The summed E-state index contributed by atoms with van der Waals surface area (Å²) in [4.78, 5) is 14.8. The number of fused-ring (bicyclic) bond motifs is 1. The van der Waals surface area contributed by atoms with Crippen molar-refractivity contribution in [3.05, 3.63) is 71.6 Å². The lowest BCUT2D eigenvalue weighted by molar-refractivity contribution is -0.121. The maximum Gasteiger partial charge on any atom is 0.222 e. The molecule has 2 aromatic carbocycles. The second-order valence-corrected chi connectivity index (χ2v) is 8.10. The third kappa shape index (κ3) is 5.21. The molecule has 1 heterocycles. The van der Waals surface area contributed by atoms with E-state index in [1.165, 1.54) is 30.5 Å². The summed E-state index contributed by atoms with van der Waals surface area (Å²) in [5, 5.41) is 3.07. The number of hydrogen-bond donors (Lipinski definition) is 1. The van der Waals surface area contributed by atoms with Gasteiger partial charge in [-0.05, 0) is 49.8 Å². The molecule has 5 heteroatoms. The molecular weight excluding hydrogens is 379 g/mol. The van der Waals surface area contributed by atoms with Crippen molar-refractivity contribution in [3.63, 3.8) is 0 Å². The first-order valence-corrected chi connectivity index (χ1v) is 10.9. The predicted molar refractivity (Wildman–Crippen MR) is 117 cm³/mol. The summed E-state index contributed by atoms with van der Waals surface area (Å²) in [5.74, 6) is 0.247. The molecule has 0 unspecified atom stereocenters. The van der Waals surface area contributed by atoms with Gasteiger partial charge in [-0.2, -0.15) is 0 Å². The lowest BCUT2D eigenvalue weighted by Gasteiger charge is -2.38. The van der Waals surface area contributed by atoms with Crippen molar-refractivity contribution in [1.29, 1.82) is 0 Å². The fourth-order valence-electron chi connectivity index (χ4n) is 4.26. The molecular formula is C25H29FN2O2. The zero-order chi connectivity index (χ0) is 20.8. The van der Waals surface area contributed by atoms with Crippen LogP contribution in [0.3, 0.4) is 0 Å². The van der Waals surface area contributed by atoms with Crippen molar-refractivity contribution in [3.8, 4) is 5.75 Å². The first-order chi connectivity index (χ1) is 14.7. The fourth-order valence-corrected chi connectivity index (χ4v) is 4.26. The summed E-state index contributed by atoms with van der Waals surface area (Å²) in [6.45, 7) is 1.69. The number of amides is 1. The average Bonchev–Trinajstić information content (AvgIpc) is 2.77. The van der Waals surface area contributed by atoms with Crippen LogP contribution in [-0.4, -0.2) is 25.1 Å². The molecule has 1 aliphatic carbocycles. The van der Waals surface area contributed by atoms with Crippen molar-refractivity contribution in [2.24, 2.45) is 0 Å². The molecule has 4 rings (SSSR count). The maximum absolute atomic E-state index is 13.7. The molecule has 1 aliphatic heterocycles. The smallest absolute Gasteiger partial charge is 0.222 e. The molecule has 0 bridgehead atoms. The lowest BCUT2D eigenvalue weighted by atomic mass is 9.97. The summed E-state index contributed by atoms with van der Waals surface area (Å²) in [5.41, 5.74) is 3.44. The van der Waals surface area contributed by atoms with Gasteiger partial charge in [-0.1, -0.05) is 42.0 Å². The molecule has 30 heavy (non-hydrogen) atoms. The Morgan fingerprint density at radius 3 is 2.83 bits per heavy atom. The van der Waals surface area contributed by atoms with E-state index in [4.69, 9.17) is 4.74 Å². The second kappa shape index (κ2) is 9.79.